The van der Waals surface area contributed by atoms with E-state index in [9.17, 15) is 4.79 Å². The van der Waals surface area contributed by atoms with Crippen molar-refractivity contribution in [3.05, 3.63) is 42.2 Å². The molecule has 128 valence electrons. The van der Waals surface area contributed by atoms with Crippen LogP contribution in [-0.2, 0) is 10.3 Å². The van der Waals surface area contributed by atoms with Crippen molar-refractivity contribution in [1.29, 1.82) is 0 Å². The van der Waals surface area contributed by atoms with Gasteiger partial charge in [0.15, 0.2) is 0 Å². The van der Waals surface area contributed by atoms with Gasteiger partial charge in [-0.1, -0.05) is 6.92 Å². The summed E-state index contributed by atoms with van der Waals surface area (Å²) in [5, 5.41) is 0. The Morgan fingerprint density at radius 2 is 2.16 bits per heavy atom. The molecule has 0 unspecified atom stereocenters. The Labute approximate surface area is 145 Å². The molecule has 4 rings (SSSR count). The van der Waals surface area contributed by atoms with E-state index in [1.54, 1.807) is 17.3 Å². The van der Waals surface area contributed by atoms with Gasteiger partial charge in [-0.05, 0) is 44.5 Å². The van der Waals surface area contributed by atoms with E-state index < -0.39 is 5.60 Å². The lowest BCUT2D eigenvalue weighted by molar-refractivity contribution is 0.0352. The first kappa shape index (κ1) is 15.6. The summed E-state index contributed by atoms with van der Waals surface area (Å²) in [7, 11) is 0. The van der Waals surface area contributed by atoms with Gasteiger partial charge in [0.1, 0.15) is 11.4 Å². The number of anilines is 1. The minimum Gasteiger partial charge on any atom is -0.438 e. The van der Waals surface area contributed by atoms with Crippen molar-refractivity contribution in [3.63, 3.8) is 0 Å². The molecule has 1 aliphatic rings. The van der Waals surface area contributed by atoms with Crippen LogP contribution in [0.25, 0.3) is 22.4 Å². The Balaban J connectivity index is 1.90. The molecule has 25 heavy (non-hydrogen) atoms. The normalized spacial score (nSPS) is 16.0. The van der Waals surface area contributed by atoms with Crippen LogP contribution in [-0.4, -0.2) is 27.6 Å². The maximum Gasteiger partial charge on any atom is 0.415 e. The number of H-pyrrole nitrogens is 1. The quantitative estimate of drug-likeness (QED) is 0.777. The average Bonchev–Trinajstić information content (AvgIpc) is 3.01. The number of aromatic amines is 1. The molecular formula is C19H20N4O2. The van der Waals surface area contributed by atoms with Crippen molar-refractivity contribution in [1.82, 2.24) is 15.0 Å². The molecule has 0 spiro atoms. The second-order valence-corrected chi connectivity index (χ2v) is 6.74. The number of pyridine rings is 1. The maximum absolute atomic E-state index is 12.4. The van der Waals surface area contributed by atoms with Crippen LogP contribution < -0.4 is 4.90 Å². The Morgan fingerprint density at radius 3 is 2.88 bits per heavy atom. The van der Waals surface area contributed by atoms with E-state index in [2.05, 4.69) is 15.0 Å². The first-order valence-corrected chi connectivity index (χ1v) is 8.45. The number of hydrogen-bond donors (Lipinski definition) is 1. The van der Waals surface area contributed by atoms with E-state index in [0.29, 0.717) is 6.54 Å². The van der Waals surface area contributed by atoms with Crippen molar-refractivity contribution in [2.45, 2.75) is 32.8 Å². The number of cyclic esters (lactones) is 1. The van der Waals surface area contributed by atoms with Gasteiger partial charge in [-0.2, -0.15) is 0 Å². The van der Waals surface area contributed by atoms with Gasteiger partial charge in [0.2, 0.25) is 0 Å². The van der Waals surface area contributed by atoms with Crippen molar-refractivity contribution < 1.29 is 9.53 Å². The summed E-state index contributed by atoms with van der Waals surface area (Å²) < 4.78 is 5.65. The third-order valence-corrected chi connectivity index (χ3v) is 4.48. The molecule has 0 bridgehead atoms. The van der Waals surface area contributed by atoms with E-state index in [1.807, 2.05) is 45.0 Å². The van der Waals surface area contributed by atoms with Gasteiger partial charge >= 0.3 is 6.09 Å². The number of hydrogen-bond acceptors (Lipinski definition) is 4. The summed E-state index contributed by atoms with van der Waals surface area (Å²) in [5.41, 5.74) is 3.84. The Morgan fingerprint density at radius 1 is 1.32 bits per heavy atom. The van der Waals surface area contributed by atoms with Crippen LogP contribution in [0.4, 0.5) is 10.5 Å². The molecule has 0 atom stereocenters. The number of aromatic nitrogens is 3. The van der Waals surface area contributed by atoms with Crippen LogP contribution in [0.2, 0.25) is 0 Å². The second kappa shape index (κ2) is 5.58. The molecule has 1 amide bonds. The lowest BCUT2D eigenvalue weighted by Crippen LogP contribution is -2.43. The highest BCUT2D eigenvalue weighted by atomic mass is 16.6. The Kier molecular flexibility index (Phi) is 3.49. The molecule has 0 fully saturated rings. The summed E-state index contributed by atoms with van der Waals surface area (Å²) in [5.74, 6) is 0.762. The molecule has 1 N–H and O–H groups in total. The fraction of sp³-hybridized carbons (Fsp3) is 0.316. The predicted molar refractivity (Wildman–Crippen MR) is 96.5 cm³/mol. The first-order valence-electron chi connectivity index (χ1n) is 8.45. The zero-order valence-corrected chi connectivity index (χ0v) is 14.5. The molecule has 1 aliphatic heterocycles. The van der Waals surface area contributed by atoms with Gasteiger partial charge in [0.05, 0.1) is 16.7 Å². The number of amides is 1. The van der Waals surface area contributed by atoms with E-state index in [-0.39, 0.29) is 6.09 Å². The predicted octanol–water partition coefficient (Wildman–Crippen LogP) is 4.23. The van der Waals surface area contributed by atoms with Gasteiger partial charge in [-0.25, -0.2) is 9.78 Å². The number of rotatable bonds is 3. The second-order valence-electron chi connectivity index (χ2n) is 6.74. The zero-order chi connectivity index (χ0) is 17.6. The smallest absolute Gasteiger partial charge is 0.415 e. The summed E-state index contributed by atoms with van der Waals surface area (Å²) in [4.78, 5) is 26.3. The van der Waals surface area contributed by atoms with E-state index in [4.69, 9.17) is 4.74 Å². The highest BCUT2D eigenvalue weighted by molar-refractivity contribution is 5.95. The van der Waals surface area contributed by atoms with Crippen molar-refractivity contribution >= 4 is 22.8 Å². The molecule has 0 radical (unpaired) electrons. The number of imidazole rings is 1. The first-order chi connectivity index (χ1) is 12.0. The number of ether oxygens (including phenoxy) is 1. The van der Waals surface area contributed by atoms with Crippen LogP contribution in [0.1, 0.15) is 32.8 Å². The lowest BCUT2D eigenvalue weighted by atomic mass is 9.93. The molecule has 0 aliphatic carbocycles. The summed E-state index contributed by atoms with van der Waals surface area (Å²) in [6.07, 6.45) is 4.06. The topological polar surface area (TPSA) is 71.1 Å². The van der Waals surface area contributed by atoms with Crippen LogP contribution in [0.15, 0.2) is 36.7 Å². The number of nitrogens with zero attached hydrogens (tertiary/aromatic N) is 3. The SMILES string of the molecule is CCCN1C(=O)OC(C)(C)c2cc3[nH]c(-c4cccnc4)nc3cc21. The highest BCUT2D eigenvalue weighted by Gasteiger charge is 2.38. The minimum atomic E-state index is -0.676. The maximum atomic E-state index is 12.4. The zero-order valence-electron chi connectivity index (χ0n) is 14.5. The number of carbonyl (C=O) groups is 1. The highest BCUT2D eigenvalue weighted by Crippen LogP contribution is 2.41. The van der Waals surface area contributed by atoms with Gasteiger partial charge in [-0.15, -0.1) is 0 Å². The monoisotopic (exact) mass is 336 g/mol. The fourth-order valence-electron chi connectivity index (χ4n) is 3.25. The molecule has 3 aromatic rings. The van der Waals surface area contributed by atoms with Crippen LogP contribution in [0.3, 0.4) is 0 Å². The average molecular weight is 336 g/mol. The molecule has 6 heteroatoms. The lowest BCUT2D eigenvalue weighted by Gasteiger charge is -2.38. The third kappa shape index (κ3) is 2.54. The summed E-state index contributed by atoms with van der Waals surface area (Å²) >= 11 is 0. The standard InChI is InChI=1S/C19H20N4O2/c1-4-8-23-16-10-15-14(9-13(16)19(2,3)25-18(23)24)21-17(22-15)12-6-5-7-20-11-12/h5-7,9-11H,4,8H2,1-3H3,(H,21,22). The molecule has 0 saturated heterocycles. The van der Waals surface area contributed by atoms with E-state index in [1.165, 1.54) is 0 Å². The van der Waals surface area contributed by atoms with Crippen LogP contribution >= 0.6 is 0 Å². The Bertz CT molecular complexity index is 947. The van der Waals surface area contributed by atoms with Crippen LogP contribution in [0.5, 0.6) is 0 Å². The van der Waals surface area contributed by atoms with Crippen LogP contribution in [0, 0.1) is 0 Å². The summed E-state index contributed by atoms with van der Waals surface area (Å²) in [6.45, 7) is 6.49. The van der Waals surface area contributed by atoms with E-state index >= 15 is 0 Å². The third-order valence-electron chi connectivity index (χ3n) is 4.48. The number of benzene rings is 1. The van der Waals surface area contributed by atoms with Gasteiger partial charge in [-0.3, -0.25) is 9.88 Å². The molecular weight excluding hydrogens is 316 g/mol. The Hall–Kier alpha value is -2.89. The summed E-state index contributed by atoms with van der Waals surface area (Å²) in [6, 6.07) is 7.85. The fourth-order valence-corrected chi connectivity index (χ4v) is 3.25. The van der Waals surface area contributed by atoms with E-state index in [0.717, 1.165) is 40.1 Å². The number of carbonyl (C=O) groups excluding carboxylic acids is 1. The molecule has 6 nitrogen and oxygen atoms in total. The minimum absolute atomic E-state index is 0.304. The molecule has 3 heterocycles. The molecule has 1 aromatic carbocycles. The largest absolute Gasteiger partial charge is 0.438 e. The van der Waals surface area contributed by atoms with Gasteiger partial charge < -0.3 is 9.72 Å². The molecule has 2 aromatic heterocycles. The van der Waals surface area contributed by atoms with Crippen molar-refractivity contribution in [2.75, 3.05) is 11.4 Å². The van der Waals surface area contributed by atoms with Crippen molar-refractivity contribution in [3.8, 4) is 11.4 Å². The van der Waals surface area contributed by atoms with Gasteiger partial charge in [0, 0.05) is 30.1 Å². The van der Waals surface area contributed by atoms with Crippen molar-refractivity contribution in [2.24, 2.45) is 0 Å². The number of fused-ring (bicyclic) bond motifs is 2. The number of nitrogens with one attached hydrogen (secondary N) is 1. The molecule has 0 saturated carbocycles. The van der Waals surface area contributed by atoms with Gasteiger partial charge in [0.25, 0.3) is 0 Å².